The molecule has 25 heavy (non-hydrogen) atoms. The summed E-state index contributed by atoms with van der Waals surface area (Å²) >= 11 is 1.45. The van der Waals surface area contributed by atoms with E-state index in [1.807, 2.05) is 6.92 Å². The Kier molecular flexibility index (Phi) is 6.99. The van der Waals surface area contributed by atoms with Gasteiger partial charge in [0.05, 0.1) is 12.2 Å². The van der Waals surface area contributed by atoms with Crippen LogP contribution >= 0.6 is 11.3 Å². The van der Waals surface area contributed by atoms with E-state index < -0.39 is 5.97 Å². The first kappa shape index (κ1) is 19.4. The summed E-state index contributed by atoms with van der Waals surface area (Å²) in [5.74, 6) is -1.01. The summed E-state index contributed by atoms with van der Waals surface area (Å²) in [5, 5.41) is 12.0. The molecule has 1 heterocycles. The van der Waals surface area contributed by atoms with Crippen LogP contribution in [0.1, 0.15) is 66.8 Å². The molecule has 2 N–H and O–H groups in total. The largest absolute Gasteiger partial charge is 0.481 e. The second-order valence-corrected chi connectivity index (χ2v) is 7.59. The highest BCUT2D eigenvalue weighted by atomic mass is 32.1. The van der Waals surface area contributed by atoms with Crippen LogP contribution in [0.15, 0.2) is 0 Å². The number of nitrogens with one attached hydrogen (secondary N) is 1. The van der Waals surface area contributed by atoms with Crippen molar-refractivity contribution >= 4 is 34.2 Å². The number of anilines is 1. The molecule has 0 aromatic carbocycles. The molecule has 0 saturated heterocycles. The Hall–Kier alpha value is -1.89. The van der Waals surface area contributed by atoms with Crippen molar-refractivity contribution in [2.75, 3.05) is 11.9 Å². The van der Waals surface area contributed by atoms with Gasteiger partial charge >= 0.3 is 11.9 Å². The van der Waals surface area contributed by atoms with Crippen LogP contribution in [-0.2, 0) is 27.2 Å². The minimum atomic E-state index is -0.919. The molecule has 0 radical (unpaired) electrons. The van der Waals surface area contributed by atoms with Gasteiger partial charge in [-0.05, 0) is 43.6 Å². The number of fused-ring (bicyclic) bond motifs is 1. The van der Waals surface area contributed by atoms with E-state index in [1.165, 1.54) is 11.3 Å². The van der Waals surface area contributed by atoms with E-state index in [-0.39, 0.29) is 31.1 Å². The molecule has 2 rings (SSSR count). The van der Waals surface area contributed by atoms with Crippen molar-refractivity contribution in [3.8, 4) is 0 Å². The Bertz CT molecular complexity index is 652. The van der Waals surface area contributed by atoms with E-state index in [0.29, 0.717) is 23.1 Å². The molecule has 0 saturated carbocycles. The third-order valence-electron chi connectivity index (χ3n) is 4.20. The third-order valence-corrected chi connectivity index (χ3v) is 5.37. The van der Waals surface area contributed by atoms with E-state index in [1.54, 1.807) is 0 Å². The van der Waals surface area contributed by atoms with Gasteiger partial charge in [-0.2, -0.15) is 0 Å². The number of carbonyl (C=O) groups excluding carboxylic acids is 2. The van der Waals surface area contributed by atoms with Gasteiger partial charge in [-0.15, -0.1) is 11.3 Å². The van der Waals surface area contributed by atoms with Gasteiger partial charge in [0.15, 0.2) is 0 Å². The van der Waals surface area contributed by atoms with Crippen LogP contribution in [0.5, 0.6) is 0 Å². The molecule has 1 aromatic heterocycles. The molecular formula is C18H25NO5S. The zero-order chi connectivity index (χ0) is 18.4. The summed E-state index contributed by atoms with van der Waals surface area (Å²) in [6.45, 7) is 4.47. The standard InChI is InChI=1S/C18H25NO5S/c1-3-9-24-18(23)16-12-8-7-11(2)10-13(12)25-17(16)19-14(20)5-4-6-15(21)22/h11H,3-10H2,1-2H3,(H,19,20)(H,21,22)/t11-/m1/s1. The molecule has 1 atom stereocenters. The zero-order valence-electron chi connectivity index (χ0n) is 14.7. The van der Waals surface area contributed by atoms with Gasteiger partial charge in [0.2, 0.25) is 5.91 Å². The number of aliphatic carboxylic acids is 1. The fourth-order valence-electron chi connectivity index (χ4n) is 2.91. The van der Waals surface area contributed by atoms with Crippen LogP contribution in [0.25, 0.3) is 0 Å². The van der Waals surface area contributed by atoms with Gasteiger partial charge in [-0.1, -0.05) is 13.8 Å². The van der Waals surface area contributed by atoms with Gasteiger partial charge in [0.1, 0.15) is 5.00 Å². The molecule has 0 unspecified atom stereocenters. The molecule has 0 bridgehead atoms. The Morgan fingerprint density at radius 3 is 2.76 bits per heavy atom. The average Bonchev–Trinajstić information content (AvgIpc) is 2.88. The Balaban J connectivity index is 2.16. The predicted molar refractivity (Wildman–Crippen MR) is 96.2 cm³/mol. The highest BCUT2D eigenvalue weighted by Gasteiger charge is 2.29. The summed E-state index contributed by atoms with van der Waals surface area (Å²) in [7, 11) is 0. The maximum atomic E-state index is 12.5. The number of hydrogen-bond donors (Lipinski definition) is 2. The Morgan fingerprint density at radius 1 is 1.32 bits per heavy atom. The normalized spacial score (nSPS) is 16.2. The van der Waals surface area contributed by atoms with Crippen LogP contribution in [0.2, 0.25) is 0 Å². The van der Waals surface area contributed by atoms with Gasteiger partial charge in [0.25, 0.3) is 0 Å². The SMILES string of the molecule is CCCOC(=O)c1c(NC(=O)CCCC(=O)O)sc2c1CC[C@@H](C)C2. The number of carboxylic acid groups (broad SMARTS) is 1. The van der Waals surface area contributed by atoms with E-state index in [4.69, 9.17) is 9.84 Å². The number of carbonyl (C=O) groups is 3. The molecule has 138 valence electrons. The van der Waals surface area contributed by atoms with Crippen molar-refractivity contribution in [1.82, 2.24) is 0 Å². The topological polar surface area (TPSA) is 92.7 Å². The Morgan fingerprint density at radius 2 is 2.08 bits per heavy atom. The van der Waals surface area contributed by atoms with Crippen molar-refractivity contribution in [3.05, 3.63) is 16.0 Å². The van der Waals surface area contributed by atoms with Crippen LogP contribution in [0, 0.1) is 5.92 Å². The van der Waals surface area contributed by atoms with Crippen LogP contribution in [0.4, 0.5) is 5.00 Å². The third kappa shape index (κ3) is 5.29. The summed E-state index contributed by atoms with van der Waals surface area (Å²) in [6, 6.07) is 0. The molecule has 7 heteroatoms. The zero-order valence-corrected chi connectivity index (χ0v) is 15.5. The van der Waals surface area contributed by atoms with Crippen LogP contribution in [-0.4, -0.2) is 29.6 Å². The molecule has 0 aliphatic heterocycles. The molecule has 0 fully saturated rings. The Labute approximate surface area is 151 Å². The van der Waals surface area contributed by atoms with Gasteiger partial charge in [0, 0.05) is 17.7 Å². The summed E-state index contributed by atoms with van der Waals surface area (Å²) < 4.78 is 5.30. The lowest BCUT2D eigenvalue weighted by Gasteiger charge is -2.18. The molecular weight excluding hydrogens is 342 g/mol. The first-order chi connectivity index (χ1) is 11.9. The first-order valence-electron chi connectivity index (χ1n) is 8.75. The molecule has 1 aromatic rings. The second-order valence-electron chi connectivity index (χ2n) is 6.49. The maximum Gasteiger partial charge on any atom is 0.341 e. The number of amides is 1. The number of esters is 1. The average molecular weight is 367 g/mol. The molecule has 6 nitrogen and oxygen atoms in total. The van der Waals surface area contributed by atoms with Crippen molar-refractivity contribution in [2.24, 2.45) is 5.92 Å². The maximum absolute atomic E-state index is 12.5. The number of rotatable bonds is 8. The fraction of sp³-hybridized carbons (Fsp3) is 0.611. The van der Waals surface area contributed by atoms with Gasteiger partial charge < -0.3 is 15.2 Å². The molecule has 0 spiro atoms. The lowest BCUT2D eigenvalue weighted by molar-refractivity contribution is -0.137. The van der Waals surface area contributed by atoms with E-state index in [9.17, 15) is 14.4 Å². The van der Waals surface area contributed by atoms with Gasteiger partial charge in [-0.3, -0.25) is 9.59 Å². The van der Waals surface area contributed by atoms with E-state index in [2.05, 4.69) is 12.2 Å². The number of hydrogen-bond acceptors (Lipinski definition) is 5. The fourth-order valence-corrected chi connectivity index (χ4v) is 4.33. The highest BCUT2D eigenvalue weighted by molar-refractivity contribution is 7.17. The highest BCUT2D eigenvalue weighted by Crippen LogP contribution is 2.40. The quantitative estimate of drug-likeness (QED) is 0.684. The number of carboxylic acids is 1. The second kappa shape index (κ2) is 8.99. The smallest absolute Gasteiger partial charge is 0.341 e. The predicted octanol–water partition coefficient (Wildman–Crippen LogP) is 3.63. The number of thiophene rings is 1. The minimum Gasteiger partial charge on any atom is -0.481 e. The van der Waals surface area contributed by atoms with Crippen molar-refractivity contribution in [3.63, 3.8) is 0 Å². The minimum absolute atomic E-state index is 0.0444. The first-order valence-corrected chi connectivity index (χ1v) is 9.57. The summed E-state index contributed by atoms with van der Waals surface area (Å²) in [4.78, 5) is 36.3. The molecule has 1 amide bonds. The monoisotopic (exact) mass is 367 g/mol. The number of ether oxygens (including phenoxy) is 1. The van der Waals surface area contributed by atoms with Crippen molar-refractivity contribution < 1.29 is 24.2 Å². The summed E-state index contributed by atoms with van der Waals surface area (Å²) in [6.07, 6.45) is 3.84. The lowest BCUT2D eigenvalue weighted by atomic mass is 9.88. The van der Waals surface area contributed by atoms with Crippen molar-refractivity contribution in [1.29, 1.82) is 0 Å². The van der Waals surface area contributed by atoms with Crippen molar-refractivity contribution in [2.45, 2.75) is 58.8 Å². The van der Waals surface area contributed by atoms with E-state index >= 15 is 0 Å². The van der Waals surface area contributed by atoms with E-state index in [0.717, 1.165) is 36.1 Å². The van der Waals surface area contributed by atoms with Gasteiger partial charge in [-0.25, -0.2) is 4.79 Å². The summed E-state index contributed by atoms with van der Waals surface area (Å²) in [5.41, 5.74) is 1.50. The molecule has 1 aliphatic rings. The van der Waals surface area contributed by atoms with Crippen LogP contribution in [0.3, 0.4) is 0 Å². The molecule has 1 aliphatic carbocycles. The lowest BCUT2D eigenvalue weighted by Crippen LogP contribution is -2.17. The van der Waals surface area contributed by atoms with Crippen LogP contribution < -0.4 is 5.32 Å².